The highest BCUT2D eigenvalue weighted by molar-refractivity contribution is 5.91. The zero-order valence-electron chi connectivity index (χ0n) is 17.0. The molecule has 0 radical (unpaired) electrons. The Bertz CT molecular complexity index is 760. The molecule has 0 heterocycles. The van der Waals surface area contributed by atoms with Gasteiger partial charge in [0.05, 0.1) is 12.2 Å². The molecule has 0 bridgehead atoms. The molecule has 6 heteroatoms. The molecule has 0 aromatic heterocycles. The van der Waals surface area contributed by atoms with Crippen molar-refractivity contribution in [2.75, 3.05) is 13.2 Å². The average molecular weight is 405 g/mol. The Balaban J connectivity index is 1.44. The fourth-order valence-corrected chi connectivity index (χ4v) is 8.41. The summed E-state index contributed by atoms with van der Waals surface area (Å²) in [5.74, 6) is 2.81. The summed E-state index contributed by atoms with van der Waals surface area (Å²) in [4.78, 5) is 22.8. The van der Waals surface area contributed by atoms with Crippen LogP contribution in [0.25, 0.3) is 0 Å². The summed E-state index contributed by atoms with van der Waals surface area (Å²) in [6.45, 7) is 2.35. The maximum absolute atomic E-state index is 12.0. The molecule has 0 amide bonds. The van der Waals surface area contributed by atoms with Crippen LogP contribution in [-0.4, -0.2) is 46.1 Å². The van der Waals surface area contributed by atoms with E-state index in [1.165, 1.54) is 5.57 Å². The van der Waals surface area contributed by atoms with Crippen molar-refractivity contribution in [2.45, 2.75) is 57.5 Å². The van der Waals surface area contributed by atoms with E-state index in [1.807, 2.05) is 6.08 Å². The molecule has 0 aromatic rings. The van der Waals surface area contributed by atoms with Crippen LogP contribution in [0.2, 0.25) is 0 Å². The zero-order valence-corrected chi connectivity index (χ0v) is 17.0. The Morgan fingerprint density at radius 1 is 1.24 bits per heavy atom. The molecule has 5 aliphatic rings. The number of aliphatic hydroxyl groups excluding tert-OH is 1. The highest BCUT2D eigenvalue weighted by atomic mass is 16.7. The van der Waals surface area contributed by atoms with Crippen molar-refractivity contribution in [1.82, 2.24) is 0 Å². The van der Waals surface area contributed by atoms with Gasteiger partial charge in [-0.15, -0.1) is 0 Å². The van der Waals surface area contributed by atoms with Crippen molar-refractivity contribution in [1.29, 1.82) is 0 Å². The highest BCUT2D eigenvalue weighted by Crippen LogP contribution is 2.76. The predicted molar refractivity (Wildman–Crippen MR) is 104 cm³/mol. The number of carbonyl (C=O) groups excluding carboxylic acids is 1. The Hall–Kier alpha value is -1.40. The first-order chi connectivity index (χ1) is 13.8. The average Bonchev–Trinajstić information content (AvgIpc) is 3.43. The molecule has 160 valence electrons. The standard InChI is InChI=1S/C23H32O6/c1-22-5-4-15-14-3-2-13(25)9-16(14)12(11-24)8-17(15)20(22)18-10-19(18)23(22,28)6-7-29-21(26)27/h9,12,14-15,17-20,24,28H,2-8,10-11H2,1H3,(H,26,27)/t12-,14-,15-,17-,18+,19-,20-,22+,23+/m1/s1. The van der Waals surface area contributed by atoms with E-state index in [9.17, 15) is 19.8 Å². The molecule has 5 rings (SSSR count). The summed E-state index contributed by atoms with van der Waals surface area (Å²) in [6, 6.07) is 0. The minimum absolute atomic E-state index is 0.0440. The number of ether oxygens (including phenoxy) is 1. The number of aliphatic hydroxyl groups is 2. The quantitative estimate of drug-likeness (QED) is 0.622. The van der Waals surface area contributed by atoms with E-state index in [4.69, 9.17) is 9.84 Å². The maximum Gasteiger partial charge on any atom is 0.505 e. The second kappa shape index (κ2) is 6.55. The number of rotatable bonds is 4. The van der Waals surface area contributed by atoms with Gasteiger partial charge in [0.1, 0.15) is 0 Å². The fourth-order valence-electron chi connectivity index (χ4n) is 8.41. The summed E-state index contributed by atoms with van der Waals surface area (Å²) in [5.41, 5.74) is 0.0925. The minimum atomic E-state index is -1.28. The van der Waals surface area contributed by atoms with Crippen LogP contribution in [0.4, 0.5) is 4.79 Å². The molecule has 0 unspecified atom stereocenters. The molecule has 0 aromatic carbocycles. The largest absolute Gasteiger partial charge is 0.505 e. The third-order valence-electron chi connectivity index (χ3n) is 9.58. The molecule has 3 N–H and O–H groups in total. The molecule has 9 atom stereocenters. The maximum atomic E-state index is 12.0. The van der Waals surface area contributed by atoms with Gasteiger partial charge in [-0.25, -0.2) is 4.79 Å². The third kappa shape index (κ3) is 2.67. The van der Waals surface area contributed by atoms with Crippen LogP contribution < -0.4 is 0 Å². The second-order valence-electron chi connectivity index (χ2n) is 10.5. The molecule has 6 nitrogen and oxygen atoms in total. The van der Waals surface area contributed by atoms with E-state index in [1.54, 1.807) is 0 Å². The lowest BCUT2D eigenvalue weighted by Gasteiger charge is -2.58. The Morgan fingerprint density at radius 2 is 2.03 bits per heavy atom. The topological polar surface area (TPSA) is 104 Å². The van der Waals surface area contributed by atoms with Crippen LogP contribution in [0.15, 0.2) is 11.6 Å². The van der Waals surface area contributed by atoms with Crippen LogP contribution >= 0.6 is 0 Å². The van der Waals surface area contributed by atoms with Crippen molar-refractivity contribution in [3.05, 3.63) is 11.6 Å². The van der Waals surface area contributed by atoms with Gasteiger partial charge in [-0.3, -0.25) is 4.79 Å². The smallest absolute Gasteiger partial charge is 0.450 e. The van der Waals surface area contributed by atoms with Crippen molar-refractivity contribution < 1.29 is 29.6 Å². The van der Waals surface area contributed by atoms with Crippen molar-refractivity contribution in [3.63, 3.8) is 0 Å². The van der Waals surface area contributed by atoms with Crippen LogP contribution in [0, 0.1) is 46.8 Å². The number of ketones is 1. The lowest BCUT2D eigenvalue weighted by Crippen LogP contribution is -2.56. The van der Waals surface area contributed by atoms with Gasteiger partial charge in [-0.2, -0.15) is 0 Å². The molecule has 4 fully saturated rings. The van der Waals surface area contributed by atoms with Gasteiger partial charge in [-0.1, -0.05) is 12.5 Å². The second-order valence-corrected chi connectivity index (χ2v) is 10.5. The Morgan fingerprint density at radius 3 is 2.76 bits per heavy atom. The van der Waals surface area contributed by atoms with E-state index >= 15 is 0 Å². The molecule has 0 saturated heterocycles. The molecule has 0 aliphatic heterocycles. The van der Waals surface area contributed by atoms with Crippen LogP contribution in [0.1, 0.15) is 51.9 Å². The molecule has 5 aliphatic carbocycles. The van der Waals surface area contributed by atoms with Crippen LogP contribution in [-0.2, 0) is 9.53 Å². The predicted octanol–water partition coefficient (Wildman–Crippen LogP) is 3.02. The lowest BCUT2D eigenvalue weighted by atomic mass is 9.47. The van der Waals surface area contributed by atoms with Crippen molar-refractivity contribution in [2.24, 2.45) is 46.8 Å². The minimum Gasteiger partial charge on any atom is -0.450 e. The first-order valence-electron chi connectivity index (χ1n) is 11.2. The fraction of sp³-hybridized carbons (Fsp3) is 0.826. The van der Waals surface area contributed by atoms with E-state index in [2.05, 4.69) is 6.92 Å². The van der Waals surface area contributed by atoms with Gasteiger partial charge in [0.25, 0.3) is 0 Å². The summed E-state index contributed by atoms with van der Waals surface area (Å²) in [7, 11) is 0. The van der Waals surface area contributed by atoms with Gasteiger partial charge in [0.2, 0.25) is 0 Å². The molecule has 0 spiro atoms. The number of hydrogen-bond donors (Lipinski definition) is 3. The van der Waals surface area contributed by atoms with Gasteiger partial charge < -0.3 is 20.1 Å². The lowest BCUT2D eigenvalue weighted by molar-refractivity contribution is -0.151. The number of hydrogen-bond acceptors (Lipinski definition) is 5. The van der Waals surface area contributed by atoms with E-state index in [0.29, 0.717) is 42.4 Å². The normalized spacial score (nSPS) is 50.0. The Labute approximate surface area is 171 Å². The van der Waals surface area contributed by atoms with E-state index in [-0.39, 0.29) is 36.2 Å². The zero-order chi connectivity index (χ0) is 20.6. The van der Waals surface area contributed by atoms with Gasteiger partial charge in [-0.05, 0) is 73.7 Å². The number of fused-ring (bicyclic) bond motifs is 7. The van der Waals surface area contributed by atoms with Crippen molar-refractivity contribution >= 4 is 11.9 Å². The van der Waals surface area contributed by atoms with Gasteiger partial charge in [0.15, 0.2) is 5.78 Å². The first-order valence-corrected chi connectivity index (χ1v) is 11.2. The molecule has 29 heavy (non-hydrogen) atoms. The van der Waals surface area contributed by atoms with Crippen molar-refractivity contribution in [3.8, 4) is 0 Å². The first kappa shape index (κ1) is 19.6. The molecular weight excluding hydrogens is 372 g/mol. The molecular formula is C23H32O6. The summed E-state index contributed by atoms with van der Waals surface area (Å²) < 4.78 is 4.77. The third-order valence-corrected chi connectivity index (χ3v) is 9.58. The highest BCUT2D eigenvalue weighted by Gasteiger charge is 2.75. The van der Waals surface area contributed by atoms with E-state index < -0.39 is 11.8 Å². The van der Waals surface area contributed by atoms with Gasteiger partial charge >= 0.3 is 6.16 Å². The molecule has 4 saturated carbocycles. The van der Waals surface area contributed by atoms with E-state index in [0.717, 1.165) is 32.1 Å². The number of carboxylic acid groups (broad SMARTS) is 1. The summed E-state index contributed by atoms with van der Waals surface area (Å²) >= 11 is 0. The summed E-state index contributed by atoms with van der Waals surface area (Å²) in [6.07, 6.45) is 6.32. The van der Waals surface area contributed by atoms with Crippen LogP contribution in [0.5, 0.6) is 0 Å². The van der Waals surface area contributed by atoms with Crippen LogP contribution in [0.3, 0.4) is 0 Å². The van der Waals surface area contributed by atoms with Gasteiger partial charge in [0, 0.05) is 30.8 Å². The summed E-state index contributed by atoms with van der Waals surface area (Å²) in [5, 5.41) is 30.7. The SMILES string of the molecule is C[C@]12CC[C@H]3[C@@H](C[C@H](CO)C4=CC(=O)CC[C@@H]43)[C@@H]1[C@H]1C[C@H]1[C@@]2(O)CCOC(=O)O. The number of carbonyl (C=O) groups is 2. The monoisotopic (exact) mass is 404 g/mol. The Kier molecular flexibility index (Phi) is 4.42.